The number of hydrogen-bond acceptors (Lipinski definition) is 2. The minimum absolute atomic E-state index is 0. The largest absolute Gasteiger partial charge is 0.304 e. The fourth-order valence-corrected chi connectivity index (χ4v) is 4.88. The summed E-state index contributed by atoms with van der Waals surface area (Å²) in [7, 11) is 0. The van der Waals surface area contributed by atoms with Crippen LogP contribution in [0.3, 0.4) is 0 Å². The van der Waals surface area contributed by atoms with E-state index < -0.39 is 0 Å². The van der Waals surface area contributed by atoms with Gasteiger partial charge in [-0.25, -0.2) is 0 Å². The van der Waals surface area contributed by atoms with Gasteiger partial charge in [-0.15, -0.1) is 71.3 Å². The number of aryl methyl sites for hydroxylation is 2. The van der Waals surface area contributed by atoms with E-state index in [1.807, 2.05) is 55.7 Å². The second-order valence-corrected chi connectivity index (χ2v) is 9.90. The van der Waals surface area contributed by atoms with Crippen molar-refractivity contribution in [2.45, 2.75) is 13.8 Å². The van der Waals surface area contributed by atoms with Gasteiger partial charge in [0.1, 0.15) is 0 Å². The first-order valence-electron chi connectivity index (χ1n) is 13.4. The summed E-state index contributed by atoms with van der Waals surface area (Å²) in [6, 6.07) is 48.4. The van der Waals surface area contributed by atoms with Crippen molar-refractivity contribution in [2.24, 2.45) is 0 Å². The molecule has 0 amide bonds. The third kappa shape index (κ3) is 6.33. The Morgan fingerprint density at radius 1 is 0.512 bits per heavy atom. The molecule has 2 nitrogen and oxygen atoms in total. The molecule has 0 N–H and O–H groups in total. The fraction of sp³-hybridized carbons (Fsp3) is 0.0526. The van der Waals surface area contributed by atoms with E-state index in [1.165, 1.54) is 38.2 Å². The average Bonchev–Trinajstić information content (AvgIpc) is 3.02. The Labute approximate surface area is 255 Å². The molecule has 0 fully saturated rings. The van der Waals surface area contributed by atoms with E-state index in [0.717, 1.165) is 28.1 Å². The van der Waals surface area contributed by atoms with Crippen LogP contribution in [0.25, 0.3) is 55.2 Å². The van der Waals surface area contributed by atoms with Crippen LogP contribution in [0.1, 0.15) is 11.1 Å². The summed E-state index contributed by atoms with van der Waals surface area (Å²) in [6.45, 7) is 4.09. The van der Waals surface area contributed by atoms with Gasteiger partial charge >= 0.3 is 0 Å². The van der Waals surface area contributed by atoms with Crippen molar-refractivity contribution in [2.75, 3.05) is 0 Å². The summed E-state index contributed by atoms with van der Waals surface area (Å²) in [6.07, 6.45) is 3.78. The number of nitrogens with zero attached hydrogens (tertiary/aromatic N) is 2. The molecule has 0 bridgehead atoms. The van der Waals surface area contributed by atoms with Gasteiger partial charge in [-0.2, -0.15) is 0 Å². The molecule has 0 aliphatic carbocycles. The summed E-state index contributed by atoms with van der Waals surface area (Å²) >= 11 is 0. The van der Waals surface area contributed by atoms with Gasteiger partial charge in [0.05, 0.1) is 0 Å². The number of pyridine rings is 2. The van der Waals surface area contributed by atoms with Crippen LogP contribution in [0.2, 0.25) is 0 Å². The summed E-state index contributed by atoms with van der Waals surface area (Å²) < 4.78 is 0. The van der Waals surface area contributed by atoms with E-state index in [2.05, 4.69) is 114 Å². The maximum atomic E-state index is 4.56. The molecular weight excluding hydrogens is 677 g/mol. The van der Waals surface area contributed by atoms with Crippen LogP contribution in [-0.2, 0) is 20.1 Å². The van der Waals surface area contributed by atoms with E-state index in [-0.39, 0.29) is 20.1 Å². The van der Waals surface area contributed by atoms with Gasteiger partial charge in [0, 0.05) is 32.5 Å². The molecular formula is C38H28IrN2-2. The zero-order chi connectivity index (χ0) is 27.3. The zero-order valence-corrected chi connectivity index (χ0v) is 25.3. The normalized spacial score (nSPS) is 10.5. The standard InChI is InChI=1S/C26H18N.C12H10N.Ir/c1-18-13-14-26(27-17-18)21-9-6-8-19(15-21)25-16-20-7-2-3-10-22(20)23-11-4-5-12-24(23)25;1-10-7-8-12(13-9-10)11-5-3-2-4-6-11;/h2-8,10-17H,1H3;2-5,7-9H,1H3;/q2*-1;. The van der Waals surface area contributed by atoms with Crippen LogP contribution in [0.4, 0.5) is 0 Å². The molecule has 7 rings (SSSR count). The van der Waals surface area contributed by atoms with Crippen molar-refractivity contribution in [3.05, 3.63) is 157 Å². The van der Waals surface area contributed by atoms with Gasteiger partial charge in [-0.1, -0.05) is 72.8 Å². The number of benzene rings is 5. The van der Waals surface area contributed by atoms with E-state index >= 15 is 0 Å². The molecule has 0 saturated carbocycles. The van der Waals surface area contributed by atoms with E-state index in [9.17, 15) is 0 Å². The van der Waals surface area contributed by atoms with Crippen molar-refractivity contribution in [1.82, 2.24) is 9.97 Å². The molecule has 41 heavy (non-hydrogen) atoms. The van der Waals surface area contributed by atoms with Gasteiger partial charge in [0.25, 0.3) is 0 Å². The van der Waals surface area contributed by atoms with Crippen molar-refractivity contribution < 1.29 is 20.1 Å². The Balaban J connectivity index is 0.000000204. The van der Waals surface area contributed by atoms with Crippen molar-refractivity contribution in [1.29, 1.82) is 0 Å². The van der Waals surface area contributed by atoms with E-state index in [1.54, 1.807) is 0 Å². The predicted molar refractivity (Wildman–Crippen MR) is 167 cm³/mol. The van der Waals surface area contributed by atoms with Gasteiger partial charge in [0.15, 0.2) is 0 Å². The molecule has 7 aromatic rings. The number of aromatic nitrogens is 2. The zero-order valence-electron chi connectivity index (χ0n) is 22.9. The molecule has 2 heterocycles. The Morgan fingerprint density at radius 2 is 1.12 bits per heavy atom. The molecule has 0 spiro atoms. The monoisotopic (exact) mass is 705 g/mol. The first-order chi connectivity index (χ1) is 19.7. The van der Waals surface area contributed by atoms with Gasteiger partial charge in [-0.3, -0.25) is 0 Å². The number of hydrogen-bond donors (Lipinski definition) is 0. The van der Waals surface area contributed by atoms with Crippen LogP contribution in [0.5, 0.6) is 0 Å². The SMILES string of the molecule is Cc1ccc(-c2[c-]ccc(-c3cc4ccccc4c4ccccc34)c2)nc1.Cc1ccc(-c2[c-]cccc2)nc1.[Ir]. The first kappa shape index (κ1) is 28.1. The third-order valence-electron chi connectivity index (χ3n) is 6.96. The predicted octanol–water partition coefficient (Wildman–Crippen LogP) is 9.69. The molecule has 3 heteroatoms. The Hall–Kier alpha value is -4.43. The van der Waals surface area contributed by atoms with Crippen molar-refractivity contribution in [3.8, 4) is 33.6 Å². The Kier molecular flexibility index (Phi) is 8.79. The molecule has 201 valence electrons. The van der Waals surface area contributed by atoms with Crippen molar-refractivity contribution >= 4 is 21.5 Å². The Bertz CT molecular complexity index is 1890. The topological polar surface area (TPSA) is 25.8 Å². The van der Waals surface area contributed by atoms with Crippen molar-refractivity contribution in [3.63, 3.8) is 0 Å². The number of fused-ring (bicyclic) bond motifs is 3. The summed E-state index contributed by atoms with van der Waals surface area (Å²) in [5, 5.41) is 5.10. The average molecular weight is 705 g/mol. The van der Waals surface area contributed by atoms with Crippen LogP contribution in [0.15, 0.2) is 134 Å². The van der Waals surface area contributed by atoms with Crippen LogP contribution in [-0.4, -0.2) is 9.97 Å². The third-order valence-corrected chi connectivity index (χ3v) is 6.96. The molecule has 0 aliphatic heterocycles. The fourth-order valence-electron chi connectivity index (χ4n) is 4.88. The maximum Gasteiger partial charge on any atom is 0.0190 e. The molecule has 0 saturated heterocycles. The minimum Gasteiger partial charge on any atom is -0.304 e. The molecule has 1 radical (unpaired) electrons. The second-order valence-electron chi connectivity index (χ2n) is 9.90. The maximum absolute atomic E-state index is 4.56. The first-order valence-corrected chi connectivity index (χ1v) is 13.4. The van der Waals surface area contributed by atoms with Crippen LogP contribution in [0, 0.1) is 26.0 Å². The minimum atomic E-state index is 0. The number of rotatable bonds is 3. The second kappa shape index (κ2) is 12.8. The summed E-state index contributed by atoms with van der Waals surface area (Å²) in [5.41, 5.74) is 8.76. The Morgan fingerprint density at radius 3 is 1.78 bits per heavy atom. The van der Waals surface area contributed by atoms with Gasteiger partial charge < -0.3 is 9.97 Å². The molecule has 0 atom stereocenters. The van der Waals surface area contributed by atoms with Crippen LogP contribution < -0.4 is 0 Å². The van der Waals surface area contributed by atoms with Gasteiger partial charge in [0.2, 0.25) is 0 Å². The molecule has 0 aliphatic rings. The smallest absolute Gasteiger partial charge is 0.0190 e. The van der Waals surface area contributed by atoms with E-state index in [0.29, 0.717) is 0 Å². The van der Waals surface area contributed by atoms with Gasteiger partial charge in [-0.05, 0) is 69.5 Å². The quantitative estimate of drug-likeness (QED) is 0.135. The molecule has 2 aromatic heterocycles. The molecule has 0 unspecified atom stereocenters. The van der Waals surface area contributed by atoms with E-state index in [4.69, 9.17) is 0 Å². The summed E-state index contributed by atoms with van der Waals surface area (Å²) in [4.78, 5) is 8.88. The van der Waals surface area contributed by atoms with Crippen LogP contribution >= 0.6 is 0 Å². The molecule has 5 aromatic carbocycles. The summed E-state index contributed by atoms with van der Waals surface area (Å²) in [5.74, 6) is 0.